The number of hydrogen-bond acceptors (Lipinski definition) is 8. The minimum atomic E-state index is -1.42. The summed E-state index contributed by atoms with van der Waals surface area (Å²) in [5.41, 5.74) is 11.0. The van der Waals surface area contributed by atoms with Crippen molar-refractivity contribution in [2.75, 3.05) is 13.2 Å². The maximum absolute atomic E-state index is 12.7. The molecule has 3 amide bonds. The Morgan fingerprint density at radius 1 is 0.935 bits per heavy atom. The topological polar surface area (TPSA) is 217 Å². The fourth-order valence-electron chi connectivity index (χ4n) is 2.65. The smallest absolute Gasteiger partial charge is 0.326 e. The van der Waals surface area contributed by atoms with E-state index < -0.39 is 60.6 Å². The molecule has 0 spiro atoms. The first-order valence-corrected chi connectivity index (χ1v) is 10.4. The van der Waals surface area contributed by atoms with E-state index in [1.54, 1.807) is 13.8 Å². The average molecular weight is 448 g/mol. The molecule has 12 nitrogen and oxygen atoms in total. The van der Waals surface area contributed by atoms with Gasteiger partial charge in [-0.2, -0.15) is 0 Å². The van der Waals surface area contributed by atoms with Crippen molar-refractivity contribution < 1.29 is 34.5 Å². The zero-order valence-corrected chi connectivity index (χ0v) is 18.3. The highest BCUT2D eigenvalue weighted by Gasteiger charge is 2.31. The average Bonchev–Trinajstić information content (AvgIpc) is 2.73. The highest BCUT2D eigenvalue weighted by molar-refractivity contribution is 5.94. The Kier molecular flexibility index (Phi) is 13.6. The van der Waals surface area contributed by atoms with Gasteiger partial charge in [-0.15, -0.1) is 0 Å². The molecule has 0 aromatic heterocycles. The van der Waals surface area contributed by atoms with Crippen LogP contribution >= 0.6 is 0 Å². The Morgan fingerprint density at radius 2 is 1.48 bits per heavy atom. The summed E-state index contributed by atoms with van der Waals surface area (Å²) in [6, 6.07) is -4.95. The van der Waals surface area contributed by atoms with Gasteiger partial charge in [0.25, 0.3) is 0 Å². The van der Waals surface area contributed by atoms with Gasteiger partial charge in [0.05, 0.1) is 12.7 Å². The fraction of sp³-hybridized carbons (Fsp3) is 0.789. The van der Waals surface area contributed by atoms with Gasteiger partial charge in [-0.3, -0.25) is 14.4 Å². The number of aliphatic hydroxyl groups excluding tert-OH is 2. The normalized spacial score (nSPS) is 16.9. The maximum atomic E-state index is 12.7. The Balaban J connectivity index is 5.28. The van der Waals surface area contributed by atoms with E-state index in [-0.39, 0.29) is 12.3 Å². The molecular formula is C19H37N5O7. The molecule has 0 aliphatic carbocycles. The van der Waals surface area contributed by atoms with Crippen LogP contribution in [-0.4, -0.2) is 82.4 Å². The van der Waals surface area contributed by atoms with Gasteiger partial charge in [-0.05, 0) is 38.6 Å². The van der Waals surface area contributed by atoms with Gasteiger partial charge in [-0.25, -0.2) is 4.79 Å². The SMILES string of the molecule is CCC(C)C(NC(=O)C(CO)NC(=O)C(CCCCN)NC(=O)C(N)C(C)O)C(=O)O. The van der Waals surface area contributed by atoms with E-state index >= 15 is 0 Å². The second kappa shape index (κ2) is 14.7. The van der Waals surface area contributed by atoms with Crippen LogP contribution < -0.4 is 27.4 Å². The monoisotopic (exact) mass is 447 g/mol. The Bertz CT molecular complexity index is 602. The first-order valence-electron chi connectivity index (χ1n) is 10.4. The lowest BCUT2D eigenvalue weighted by Crippen LogP contribution is -2.59. The molecule has 0 rings (SSSR count). The third kappa shape index (κ3) is 10.0. The summed E-state index contributed by atoms with van der Waals surface area (Å²) >= 11 is 0. The van der Waals surface area contributed by atoms with Gasteiger partial charge in [0.1, 0.15) is 24.2 Å². The van der Waals surface area contributed by atoms with Gasteiger partial charge in [0.2, 0.25) is 17.7 Å². The third-order valence-corrected chi connectivity index (χ3v) is 4.99. The predicted molar refractivity (Wildman–Crippen MR) is 113 cm³/mol. The van der Waals surface area contributed by atoms with Crippen molar-refractivity contribution in [3.63, 3.8) is 0 Å². The van der Waals surface area contributed by atoms with Crippen LogP contribution in [0, 0.1) is 5.92 Å². The van der Waals surface area contributed by atoms with Gasteiger partial charge in [-0.1, -0.05) is 20.3 Å². The number of rotatable bonds is 15. The fourth-order valence-corrected chi connectivity index (χ4v) is 2.65. The molecule has 10 N–H and O–H groups in total. The van der Waals surface area contributed by atoms with Crippen molar-refractivity contribution >= 4 is 23.7 Å². The van der Waals surface area contributed by atoms with Crippen molar-refractivity contribution in [3.8, 4) is 0 Å². The summed E-state index contributed by atoms with van der Waals surface area (Å²) in [4.78, 5) is 48.7. The molecule has 31 heavy (non-hydrogen) atoms. The first kappa shape index (κ1) is 28.7. The minimum absolute atomic E-state index is 0.186. The Hall–Kier alpha value is -2.28. The molecule has 0 fully saturated rings. The number of nitrogens with one attached hydrogen (secondary N) is 3. The quantitative estimate of drug-likeness (QED) is 0.123. The zero-order chi connectivity index (χ0) is 24.1. The molecule has 6 unspecified atom stereocenters. The summed E-state index contributed by atoms with van der Waals surface area (Å²) < 4.78 is 0. The van der Waals surface area contributed by atoms with E-state index in [0.717, 1.165) is 0 Å². The van der Waals surface area contributed by atoms with E-state index in [2.05, 4.69) is 16.0 Å². The van der Waals surface area contributed by atoms with Crippen LogP contribution in [0.25, 0.3) is 0 Å². The number of carboxylic acids is 1. The van der Waals surface area contributed by atoms with Crippen molar-refractivity contribution in [2.24, 2.45) is 17.4 Å². The molecule has 6 atom stereocenters. The number of carbonyl (C=O) groups is 4. The van der Waals surface area contributed by atoms with Gasteiger partial charge >= 0.3 is 5.97 Å². The molecule has 0 heterocycles. The summed E-state index contributed by atoms with van der Waals surface area (Å²) in [7, 11) is 0. The number of aliphatic carboxylic acids is 1. The largest absolute Gasteiger partial charge is 0.480 e. The molecule has 180 valence electrons. The Morgan fingerprint density at radius 3 is 1.94 bits per heavy atom. The van der Waals surface area contributed by atoms with Crippen LogP contribution in [0.4, 0.5) is 0 Å². The molecule has 0 aromatic carbocycles. The number of hydrogen-bond donors (Lipinski definition) is 8. The van der Waals surface area contributed by atoms with E-state index in [1.807, 2.05) is 0 Å². The van der Waals surface area contributed by atoms with E-state index in [1.165, 1.54) is 6.92 Å². The zero-order valence-electron chi connectivity index (χ0n) is 18.3. The molecule has 0 saturated carbocycles. The van der Waals surface area contributed by atoms with E-state index in [9.17, 15) is 34.5 Å². The molecule has 12 heteroatoms. The number of aliphatic hydroxyl groups is 2. The molecule has 0 radical (unpaired) electrons. The van der Waals surface area contributed by atoms with Crippen molar-refractivity contribution in [1.29, 1.82) is 0 Å². The second-order valence-corrected chi connectivity index (χ2v) is 7.57. The Labute approximate surface area is 182 Å². The maximum Gasteiger partial charge on any atom is 0.326 e. The lowest BCUT2D eigenvalue weighted by atomic mass is 9.99. The van der Waals surface area contributed by atoms with Crippen LogP contribution in [0.5, 0.6) is 0 Å². The molecule has 0 aliphatic rings. The van der Waals surface area contributed by atoms with Crippen LogP contribution in [-0.2, 0) is 19.2 Å². The summed E-state index contributed by atoms with van der Waals surface area (Å²) in [6.07, 6.45) is 0.611. The number of unbranched alkanes of at least 4 members (excludes halogenated alkanes) is 1. The third-order valence-electron chi connectivity index (χ3n) is 4.99. The molecular weight excluding hydrogens is 410 g/mol. The minimum Gasteiger partial charge on any atom is -0.480 e. The summed E-state index contributed by atoms with van der Waals surface area (Å²) in [5, 5.41) is 35.4. The first-order chi connectivity index (χ1) is 14.5. The highest BCUT2D eigenvalue weighted by atomic mass is 16.4. The van der Waals surface area contributed by atoms with Crippen LogP contribution in [0.2, 0.25) is 0 Å². The van der Waals surface area contributed by atoms with E-state index in [4.69, 9.17) is 11.5 Å². The van der Waals surface area contributed by atoms with Gasteiger partial charge in [0, 0.05) is 0 Å². The molecule has 0 aliphatic heterocycles. The standard InChI is InChI=1S/C19H37N5O7/c1-4-10(2)15(19(30)31)24-17(28)13(9-25)23-16(27)12(7-5-6-8-20)22-18(29)14(21)11(3)26/h10-15,25-26H,4-9,20-21H2,1-3H3,(H,22,29)(H,23,27)(H,24,28)(H,30,31). The summed E-state index contributed by atoms with van der Waals surface area (Å²) in [5.74, 6) is -3.98. The predicted octanol–water partition coefficient (Wildman–Crippen LogP) is -2.60. The highest BCUT2D eigenvalue weighted by Crippen LogP contribution is 2.08. The number of carbonyl (C=O) groups excluding carboxylic acids is 3. The number of amides is 3. The second-order valence-electron chi connectivity index (χ2n) is 7.57. The molecule has 0 saturated heterocycles. The van der Waals surface area contributed by atoms with Gasteiger partial charge in [0.15, 0.2) is 0 Å². The van der Waals surface area contributed by atoms with E-state index in [0.29, 0.717) is 25.8 Å². The van der Waals surface area contributed by atoms with Crippen molar-refractivity contribution in [2.45, 2.75) is 76.7 Å². The van der Waals surface area contributed by atoms with Crippen LogP contribution in [0.15, 0.2) is 0 Å². The summed E-state index contributed by atoms with van der Waals surface area (Å²) in [6.45, 7) is 4.35. The van der Waals surface area contributed by atoms with Crippen LogP contribution in [0.3, 0.4) is 0 Å². The van der Waals surface area contributed by atoms with Crippen LogP contribution in [0.1, 0.15) is 46.5 Å². The van der Waals surface area contributed by atoms with Crippen molar-refractivity contribution in [3.05, 3.63) is 0 Å². The van der Waals surface area contributed by atoms with Crippen molar-refractivity contribution in [1.82, 2.24) is 16.0 Å². The molecule has 0 bridgehead atoms. The lowest BCUT2D eigenvalue weighted by molar-refractivity contribution is -0.144. The number of nitrogens with two attached hydrogens (primary N) is 2. The lowest BCUT2D eigenvalue weighted by Gasteiger charge is -2.26. The van der Waals surface area contributed by atoms with Gasteiger partial charge < -0.3 is 42.7 Å². The molecule has 0 aromatic rings. The number of carboxylic acid groups (broad SMARTS) is 1.